The minimum absolute atomic E-state index is 0.321. The maximum atomic E-state index is 10.6. The summed E-state index contributed by atoms with van der Waals surface area (Å²) in [6.07, 6.45) is 6.67. The van der Waals surface area contributed by atoms with E-state index in [-0.39, 0.29) is 0 Å². The molecule has 76 valence electrons. The Morgan fingerprint density at radius 1 is 1.47 bits per heavy atom. The highest BCUT2D eigenvalue weighted by Crippen LogP contribution is 2.14. The topological polar surface area (TPSA) is 53.4 Å². The molecule has 0 atom stereocenters. The van der Waals surface area contributed by atoms with Crippen LogP contribution in [0, 0.1) is 0 Å². The zero-order valence-electron chi connectivity index (χ0n) is 8.00. The highest BCUT2D eigenvalue weighted by Gasteiger charge is 2.11. The van der Waals surface area contributed by atoms with E-state index in [2.05, 4.69) is 4.98 Å². The molecule has 0 saturated heterocycles. The molecule has 0 bridgehead atoms. The SMILES string of the molecule is O=C(O)C1=CCN(c2ccccn2)C=C1. The van der Waals surface area contributed by atoms with Crippen molar-refractivity contribution in [3.05, 3.63) is 48.3 Å². The molecule has 1 aromatic rings. The Bertz CT molecular complexity index is 423. The van der Waals surface area contributed by atoms with Crippen molar-refractivity contribution < 1.29 is 9.90 Å². The monoisotopic (exact) mass is 202 g/mol. The number of pyridine rings is 1. The zero-order chi connectivity index (χ0) is 10.7. The highest BCUT2D eigenvalue weighted by molar-refractivity contribution is 5.90. The van der Waals surface area contributed by atoms with Gasteiger partial charge in [-0.3, -0.25) is 0 Å². The first kappa shape index (κ1) is 9.45. The molecule has 0 saturated carbocycles. The molecule has 0 spiro atoms. The van der Waals surface area contributed by atoms with E-state index in [0.717, 1.165) is 5.82 Å². The van der Waals surface area contributed by atoms with E-state index >= 15 is 0 Å². The first-order valence-electron chi connectivity index (χ1n) is 4.57. The lowest BCUT2D eigenvalue weighted by Crippen LogP contribution is -2.21. The second kappa shape index (κ2) is 3.96. The molecule has 1 aliphatic heterocycles. The zero-order valence-corrected chi connectivity index (χ0v) is 8.00. The Hall–Kier alpha value is -2.10. The number of aromatic nitrogens is 1. The number of rotatable bonds is 2. The minimum Gasteiger partial charge on any atom is -0.478 e. The summed E-state index contributed by atoms with van der Waals surface area (Å²) in [6.45, 7) is 0.537. The Kier molecular flexibility index (Phi) is 2.49. The van der Waals surface area contributed by atoms with E-state index in [1.807, 2.05) is 23.1 Å². The van der Waals surface area contributed by atoms with Crippen molar-refractivity contribution in [3.8, 4) is 0 Å². The summed E-state index contributed by atoms with van der Waals surface area (Å²) in [4.78, 5) is 16.7. The number of nitrogens with zero attached hydrogens (tertiary/aromatic N) is 2. The molecule has 4 heteroatoms. The number of anilines is 1. The van der Waals surface area contributed by atoms with Crippen molar-refractivity contribution in [2.75, 3.05) is 11.4 Å². The van der Waals surface area contributed by atoms with Gasteiger partial charge in [-0.25, -0.2) is 9.78 Å². The molecule has 2 rings (SSSR count). The quantitative estimate of drug-likeness (QED) is 0.788. The fourth-order valence-corrected chi connectivity index (χ4v) is 1.35. The van der Waals surface area contributed by atoms with E-state index < -0.39 is 5.97 Å². The summed E-state index contributed by atoms with van der Waals surface area (Å²) in [5.74, 6) is -0.0821. The molecule has 0 radical (unpaired) electrons. The summed E-state index contributed by atoms with van der Waals surface area (Å²) < 4.78 is 0. The second-order valence-corrected chi connectivity index (χ2v) is 3.12. The van der Waals surface area contributed by atoms with Gasteiger partial charge < -0.3 is 10.0 Å². The van der Waals surface area contributed by atoms with Gasteiger partial charge in [0, 0.05) is 18.9 Å². The lowest BCUT2D eigenvalue weighted by atomic mass is 10.2. The van der Waals surface area contributed by atoms with Gasteiger partial charge in [-0.1, -0.05) is 12.1 Å². The van der Waals surface area contributed by atoms with E-state index in [1.165, 1.54) is 0 Å². The largest absolute Gasteiger partial charge is 0.478 e. The number of hydrogen-bond acceptors (Lipinski definition) is 3. The van der Waals surface area contributed by atoms with E-state index in [0.29, 0.717) is 12.1 Å². The lowest BCUT2D eigenvalue weighted by Gasteiger charge is -2.20. The Labute approximate surface area is 87.2 Å². The average Bonchev–Trinajstić information content (AvgIpc) is 2.30. The molecular formula is C11H10N2O2. The van der Waals surface area contributed by atoms with Crippen LogP contribution < -0.4 is 4.90 Å². The number of carboxylic acid groups (broad SMARTS) is 1. The predicted molar refractivity (Wildman–Crippen MR) is 56.4 cm³/mol. The molecule has 0 fully saturated rings. The third kappa shape index (κ3) is 2.04. The molecule has 1 aromatic heterocycles. The number of carboxylic acids is 1. The van der Waals surface area contributed by atoms with Gasteiger partial charge in [0.15, 0.2) is 0 Å². The fraction of sp³-hybridized carbons (Fsp3) is 0.0909. The van der Waals surface area contributed by atoms with Crippen molar-refractivity contribution in [1.82, 2.24) is 4.98 Å². The maximum Gasteiger partial charge on any atom is 0.335 e. The molecule has 1 N–H and O–H groups in total. The van der Waals surface area contributed by atoms with Crippen molar-refractivity contribution in [2.45, 2.75) is 0 Å². The van der Waals surface area contributed by atoms with Crippen molar-refractivity contribution in [1.29, 1.82) is 0 Å². The summed E-state index contributed by atoms with van der Waals surface area (Å²) >= 11 is 0. The molecular weight excluding hydrogens is 192 g/mol. The van der Waals surface area contributed by atoms with Gasteiger partial charge in [0.1, 0.15) is 5.82 Å². The molecule has 0 aliphatic carbocycles. The van der Waals surface area contributed by atoms with Crippen LogP contribution in [-0.2, 0) is 4.79 Å². The molecule has 0 amide bonds. The van der Waals surface area contributed by atoms with Crippen molar-refractivity contribution in [3.63, 3.8) is 0 Å². The van der Waals surface area contributed by atoms with Crippen LogP contribution in [0.25, 0.3) is 0 Å². The standard InChI is InChI=1S/C11H10N2O2/c14-11(15)9-4-7-13(8-5-9)10-3-1-2-6-12-10/h1-7H,8H2,(H,14,15). The fourth-order valence-electron chi connectivity index (χ4n) is 1.35. The van der Waals surface area contributed by atoms with Gasteiger partial charge in [-0.15, -0.1) is 0 Å². The maximum absolute atomic E-state index is 10.6. The first-order valence-corrected chi connectivity index (χ1v) is 4.57. The minimum atomic E-state index is -0.896. The van der Waals surface area contributed by atoms with Crippen LogP contribution in [0.4, 0.5) is 5.82 Å². The van der Waals surface area contributed by atoms with Crippen molar-refractivity contribution in [2.24, 2.45) is 0 Å². The second-order valence-electron chi connectivity index (χ2n) is 3.12. The highest BCUT2D eigenvalue weighted by atomic mass is 16.4. The van der Waals surface area contributed by atoms with Crippen molar-refractivity contribution >= 4 is 11.8 Å². The van der Waals surface area contributed by atoms with E-state index in [4.69, 9.17) is 5.11 Å². The Balaban J connectivity index is 2.14. The molecule has 2 heterocycles. The molecule has 4 nitrogen and oxygen atoms in total. The predicted octanol–water partition coefficient (Wildman–Crippen LogP) is 1.43. The van der Waals surface area contributed by atoms with Crippen LogP contribution in [0.1, 0.15) is 0 Å². The smallest absolute Gasteiger partial charge is 0.335 e. The van der Waals surface area contributed by atoms with Gasteiger partial charge in [-0.05, 0) is 18.2 Å². The van der Waals surface area contributed by atoms with E-state index in [9.17, 15) is 4.79 Å². The normalized spacial score (nSPS) is 14.9. The van der Waals surface area contributed by atoms with Crippen LogP contribution in [0.3, 0.4) is 0 Å². The summed E-state index contributed by atoms with van der Waals surface area (Å²) in [6, 6.07) is 5.62. The third-order valence-electron chi connectivity index (χ3n) is 2.13. The molecule has 15 heavy (non-hydrogen) atoms. The van der Waals surface area contributed by atoms with Gasteiger partial charge >= 0.3 is 5.97 Å². The van der Waals surface area contributed by atoms with Crippen LogP contribution in [-0.4, -0.2) is 22.6 Å². The number of carbonyl (C=O) groups is 1. The molecule has 1 aliphatic rings. The number of aliphatic carboxylic acids is 1. The summed E-state index contributed by atoms with van der Waals surface area (Å²) in [5.41, 5.74) is 0.321. The van der Waals surface area contributed by atoms with Gasteiger partial charge in [-0.2, -0.15) is 0 Å². The summed E-state index contributed by atoms with van der Waals surface area (Å²) in [7, 11) is 0. The lowest BCUT2D eigenvalue weighted by molar-refractivity contribution is -0.132. The Morgan fingerprint density at radius 3 is 2.87 bits per heavy atom. The summed E-state index contributed by atoms with van der Waals surface area (Å²) in [5, 5.41) is 8.74. The van der Waals surface area contributed by atoms with Crippen LogP contribution in [0.2, 0.25) is 0 Å². The van der Waals surface area contributed by atoms with Gasteiger partial charge in [0.25, 0.3) is 0 Å². The first-order chi connectivity index (χ1) is 7.27. The van der Waals surface area contributed by atoms with E-state index in [1.54, 1.807) is 24.5 Å². The number of hydrogen-bond donors (Lipinski definition) is 1. The molecule has 0 unspecified atom stereocenters. The van der Waals surface area contributed by atoms with Crippen LogP contribution in [0.15, 0.2) is 48.3 Å². The van der Waals surface area contributed by atoms with Crippen LogP contribution in [0.5, 0.6) is 0 Å². The molecule has 0 aromatic carbocycles. The Morgan fingerprint density at radius 2 is 2.33 bits per heavy atom. The third-order valence-corrected chi connectivity index (χ3v) is 2.13. The average molecular weight is 202 g/mol. The van der Waals surface area contributed by atoms with Gasteiger partial charge in [0.2, 0.25) is 0 Å². The van der Waals surface area contributed by atoms with Crippen LogP contribution >= 0.6 is 0 Å². The van der Waals surface area contributed by atoms with Gasteiger partial charge in [0.05, 0.1) is 5.57 Å².